The molecule has 0 bridgehead atoms. The minimum atomic E-state index is -0.107. The SMILES string of the molecule is Cc1ccccc1-c1cc(-c2cc3ccccc3cc2Nc2ccc3c(c2)C(C)(C)c2ccccc2-3)c2c(c1)N(c1ccc(-c3ccccc3)cc1C)c1cc3sc4ccccc4c3cc1B2. The molecule has 0 saturated carbocycles. The zero-order valence-electron chi connectivity index (χ0n) is 38.1. The largest absolute Gasteiger partial charge is 0.355 e. The molecule has 1 N–H and O–H groups in total. The van der Waals surface area contributed by atoms with E-state index in [4.69, 9.17) is 0 Å². The minimum Gasteiger partial charge on any atom is -0.355 e. The van der Waals surface area contributed by atoms with E-state index in [1.54, 1.807) is 0 Å². The Morgan fingerprint density at radius 3 is 2.01 bits per heavy atom. The van der Waals surface area contributed by atoms with Crippen LogP contribution in [-0.2, 0) is 5.41 Å². The molecule has 2 heterocycles. The number of hydrogen-bond acceptors (Lipinski definition) is 3. The molecule has 11 aromatic rings. The number of hydrogen-bond donors (Lipinski definition) is 1. The van der Waals surface area contributed by atoms with Gasteiger partial charge in [-0.1, -0.05) is 159 Å². The fourth-order valence-electron chi connectivity index (χ4n) is 11.3. The highest BCUT2D eigenvalue weighted by Gasteiger charge is 2.36. The second kappa shape index (κ2) is 15.2. The zero-order chi connectivity index (χ0) is 45.0. The predicted molar refractivity (Wildman–Crippen MR) is 291 cm³/mol. The third kappa shape index (κ3) is 6.38. The summed E-state index contributed by atoms with van der Waals surface area (Å²) < 4.78 is 2.63. The molecule has 1 aliphatic heterocycles. The smallest absolute Gasteiger partial charge is 0.198 e. The molecule has 1 aromatic heterocycles. The standard InChI is InChI=1S/C63H47BN2S/c1-38-16-8-11-21-46(38)44-32-52(50-31-41-19-9-10-20-42(41)33-56(50)65-45-27-28-48-47-22-12-14-24-53(47)63(3,4)54(48)35-45)62-59(34-44)66(57-29-26-43(30-39(57)2)40-17-6-5-7-18-40)58-37-61-51(36-55(58)64-62)49-23-13-15-25-60(49)67-61/h5-37,64-65H,1-4H3. The topological polar surface area (TPSA) is 15.3 Å². The Kier molecular flexibility index (Phi) is 9.00. The van der Waals surface area contributed by atoms with Crippen LogP contribution in [0.5, 0.6) is 0 Å². The first-order chi connectivity index (χ1) is 32.8. The van der Waals surface area contributed by atoms with E-state index in [0.29, 0.717) is 0 Å². The van der Waals surface area contributed by atoms with Gasteiger partial charge in [0.2, 0.25) is 0 Å². The lowest BCUT2D eigenvalue weighted by atomic mass is 9.57. The van der Waals surface area contributed by atoms with Crippen molar-refractivity contribution in [2.45, 2.75) is 33.1 Å². The summed E-state index contributed by atoms with van der Waals surface area (Å²) >= 11 is 1.89. The number of nitrogens with zero attached hydrogens (tertiary/aromatic N) is 1. The second-order valence-corrected chi connectivity index (χ2v) is 20.2. The van der Waals surface area contributed by atoms with E-state index in [9.17, 15) is 0 Å². The van der Waals surface area contributed by atoms with Crippen molar-refractivity contribution in [3.05, 3.63) is 222 Å². The first-order valence-electron chi connectivity index (χ1n) is 23.4. The van der Waals surface area contributed by atoms with E-state index in [1.165, 1.54) is 126 Å². The molecule has 4 heteroatoms. The van der Waals surface area contributed by atoms with E-state index in [-0.39, 0.29) is 5.41 Å². The summed E-state index contributed by atoms with van der Waals surface area (Å²) in [6, 6.07) is 74.9. The van der Waals surface area contributed by atoms with Crippen molar-refractivity contribution < 1.29 is 0 Å². The van der Waals surface area contributed by atoms with Crippen LogP contribution in [0.3, 0.4) is 0 Å². The molecule has 1 aliphatic carbocycles. The Hall–Kier alpha value is -7.66. The Labute approximate surface area is 397 Å². The van der Waals surface area contributed by atoms with Crippen molar-refractivity contribution in [1.29, 1.82) is 0 Å². The summed E-state index contributed by atoms with van der Waals surface area (Å²) in [7, 11) is 0.795. The van der Waals surface area contributed by atoms with Crippen LogP contribution in [0.4, 0.5) is 28.4 Å². The number of fused-ring (bicyclic) bond motifs is 9. The molecule has 0 atom stereocenters. The maximum absolute atomic E-state index is 4.06. The van der Waals surface area contributed by atoms with Crippen LogP contribution in [0.1, 0.15) is 36.1 Å². The Balaban J connectivity index is 1.07. The van der Waals surface area contributed by atoms with E-state index in [2.05, 4.69) is 238 Å². The molecular formula is C63H47BN2S. The lowest BCUT2D eigenvalue weighted by Crippen LogP contribution is -2.41. The fourth-order valence-corrected chi connectivity index (χ4v) is 12.4. The summed E-state index contributed by atoms with van der Waals surface area (Å²) in [5.41, 5.74) is 23.6. The van der Waals surface area contributed by atoms with Crippen LogP contribution in [0.25, 0.3) is 75.5 Å². The first-order valence-corrected chi connectivity index (χ1v) is 24.3. The van der Waals surface area contributed by atoms with Crippen LogP contribution >= 0.6 is 11.3 Å². The summed E-state index contributed by atoms with van der Waals surface area (Å²) in [4.78, 5) is 2.59. The van der Waals surface area contributed by atoms with Gasteiger partial charge in [-0.3, -0.25) is 0 Å². The molecule has 0 radical (unpaired) electrons. The molecule has 10 aromatic carbocycles. The zero-order valence-corrected chi connectivity index (χ0v) is 38.9. The Morgan fingerprint density at radius 1 is 0.448 bits per heavy atom. The second-order valence-electron chi connectivity index (χ2n) is 19.1. The van der Waals surface area contributed by atoms with Crippen LogP contribution in [-0.4, -0.2) is 7.28 Å². The molecule has 0 fully saturated rings. The average Bonchev–Trinajstić information content (AvgIpc) is 3.83. The molecule has 0 spiro atoms. The van der Waals surface area contributed by atoms with Gasteiger partial charge >= 0.3 is 0 Å². The van der Waals surface area contributed by atoms with Gasteiger partial charge in [0, 0.05) is 54.2 Å². The maximum atomic E-state index is 4.06. The van der Waals surface area contributed by atoms with Crippen molar-refractivity contribution in [1.82, 2.24) is 0 Å². The van der Waals surface area contributed by atoms with Gasteiger partial charge in [0.05, 0.1) is 0 Å². The van der Waals surface area contributed by atoms with Crippen LogP contribution in [0.15, 0.2) is 200 Å². The Bertz CT molecular complexity index is 3820. The summed E-state index contributed by atoms with van der Waals surface area (Å²) in [6.45, 7) is 9.24. The normalized spacial score (nSPS) is 13.3. The number of aryl methyl sites for hydroxylation is 2. The molecule has 2 aliphatic rings. The van der Waals surface area contributed by atoms with Crippen molar-refractivity contribution in [2.24, 2.45) is 0 Å². The van der Waals surface area contributed by atoms with Crippen LogP contribution in [0, 0.1) is 13.8 Å². The Morgan fingerprint density at radius 2 is 1.18 bits per heavy atom. The molecule has 13 rings (SSSR count). The van der Waals surface area contributed by atoms with E-state index in [0.717, 1.165) is 18.7 Å². The van der Waals surface area contributed by atoms with Crippen LogP contribution < -0.4 is 21.1 Å². The summed E-state index contributed by atoms with van der Waals surface area (Å²) in [5.74, 6) is 0. The average molecular weight is 875 g/mol. The third-order valence-corrected chi connectivity index (χ3v) is 15.8. The molecular weight excluding hydrogens is 828 g/mol. The highest BCUT2D eigenvalue weighted by molar-refractivity contribution is 7.25. The van der Waals surface area contributed by atoms with Crippen molar-refractivity contribution in [3.8, 4) is 44.5 Å². The van der Waals surface area contributed by atoms with Crippen molar-refractivity contribution in [2.75, 3.05) is 10.2 Å². The van der Waals surface area contributed by atoms with Gasteiger partial charge in [0.1, 0.15) is 0 Å². The van der Waals surface area contributed by atoms with Gasteiger partial charge in [-0.25, -0.2) is 0 Å². The van der Waals surface area contributed by atoms with Crippen molar-refractivity contribution >= 4 is 88.9 Å². The fraction of sp³-hybridized carbons (Fsp3) is 0.0794. The summed E-state index contributed by atoms with van der Waals surface area (Å²) in [5, 5.41) is 9.13. The molecule has 67 heavy (non-hydrogen) atoms. The predicted octanol–water partition coefficient (Wildman–Crippen LogP) is 16.0. The van der Waals surface area contributed by atoms with E-state index in [1.807, 2.05) is 11.3 Å². The van der Waals surface area contributed by atoms with Crippen LogP contribution in [0.2, 0.25) is 0 Å². The molecule has 0 amide bonds. The number of nitrogens with one attached hydrogen (secondary N) is 1. The minimum absolute atomic E-state index is 0.107. The molecule has 0 saturated heterocycles. The maximum Gasteiger partial charge on any atom is 0.198 e. The lowest BCUT2D eigenvalue weighted by Gasteiger charge is -2.36. The lowest BCUT2D eigenvalue weighted by molar-refractivity contribution is 0.660. The van der Waals surface area contributed by atoms with Gasteiger partial charge in [-0.2, -0.15) is 0 Å². The molecule has 0 unspecified atom stereocenters. The number of benzene rings is 10. The monoisotopic (exact) mass is 874 g/mol. The van der Waals surface area contributed by atoms with Crippen molar-refractivity contribution in [3.63, 3.8) is 0 Å². The highest BCUT2D eigenvalue weighted by Crippen LogP contribution is 2.50. The van der Waals surface area contributed by atoms with Gasteiger partial charge in [-0.05, 0) is 157 Å². The molecule has 318 valence electrons. The van der Waals surface area contributed by atoms with Gasteiger partial charge in [0.25, 0.3) is 0 Å². The van der Waals surface area contributed by atoms with E-state index >= 15 is 0 Å². The van der Waals surface area contributed by atoms with Gasteiger partial charge in [0.15, 0.2) is 7.28 Å². The number of rotatable bonds is 6. The first kappa shape index (κ1) is 39.7. The summed E-state index contributed by atoms with van der Waals surface area (Å²) in [6.07, 6.45) is 0. The van der Waals surface area contributed by atoms with E-state index < -0.39 is 0 Å². The van der Waals surface area contributed by atoms with Gasteiger partial charge < -0.3 is 10.2 Å². The number of anilines is 5. The highest BCUT2D eigenvalue weighted by atomic mass is 32.1. The number of thiophene rings is 1. The quantitative estimate of drug-likeness (QED) is 0.167. The van der Waals surface area contributed by atoms with Gasteiger partial charge in [-0.15, -0.1) is 11.3 Å². The third-order valence-electron chi connectivity index (χ3n) is 14.7. The molecule has 2 nitrogen and oxygen atoms in total.